The smallest absolute Gasteiger partial charge is 0.287 e. The van der Waals surface area contributed by atoms with Gasteiger partial charge in [-0.3, -0.25) is 9.59 Å². The van der Waals surface area contributed by atoms with Crippen molar-refractivity contribution in [3.63, 3.8) is 0 Å². The number of ketones is 1. The van der Waals surface area contributed by atoms with Crippen LogP contribution < -0.4 is 5.32 Å². The first-order chi connectivity index (χ1) is 7.41. The van der Waals surface area contributed by atoms with E-state index in [1.54, 1.807) is 6.92 Å². The first-order valence-electron chi connectivity index (χ1n) is 4.68. The molecule has 0 saturated heterocycles. The highest BCUT2D eigenvalue weighted by atomic mass is 19.2. The van der Waals surface area contributed by atoms with Crippen LogP contribution in [0.4, 0.5) is 8.78 Å². The van der Waals surface area contributed by atoms with Gasteiger partial charge in [0.05, 0.1) is 6.04 Å². The molecule has 1 rings (SSSR count). The third kappa shape index (κ3) is 2.85. The SMILES string of the molecule is CC(=O)C(=O)NC(C)c1ccc(F)c(F)c1. The molecule has 0 saturated carbocycles. The van der Waals surface area contributed by atoms with Gasteiger partial charge in [0.25, 0.3) is 5.91 Å². The maximum atomic E-state index is 12.9. The van der Waals surface area contributed by atoms with Crippen LogP contribution in [0.25, 0.3) is 0 Å². The number of Topliss-reactive ketones (excluding diaryl/α,β-unsaturated/α-hetero) is 1. The number of benzene rings is 1. The predicted octanol–water partition coefficient (Wildman–Crippen LogP) is 1.73. The molecule has 1 aromatic carbocycles. The maximum Gasteiger partial charge on any atom is 0.287 e. The van der Waals surface area contributed by atoms with Crippen LogP contribution in [-0.2, 0) is 9.59 Å². The van der Waals surface area contributed by atoms with Crippen LogP contribution in [0.2, 0.25) is 0 Å². The van der Waals surface area contributed by atoms with Crippen LogP contribution >= 0.6 is 0 Å². The number of halogens is 2. The van der Waals surface area contributed by atoms with Crippen molar-refractivity contribution < 1.29 is 18.4 Å². The molecular formula is C11H11F2NO2. The van der Waals surface area contributed by atoms with Crippen molar-refractivity contribution in [2.45, 2.75) is 19.9 Å². The Morgan fingerprint density at radius 3 is 2.38 bits per heavy atom. The molecule has 1 unspecified atom stereocenters. The minimum Gasteiger partial charge on any atom is -0.343 e. The topological polar surface area (TPSA) is 46.2 Å². The fraction of sp³-hybridized carbons (Fsp3) is 0.273. The Balaban J connectivity index is 2.81. The number of hydrogen-bond donors (Lipinski definition) is 1. The Kier molecular flexibility index (Phi) is 3.71. The molecule has 0 radical (unpaired) electrons. The number of nitrogens with one attached hydrogen (secondary N) is 1. The number of amides is 1. The van der Waals surface area contributed by atoms with Crippen LogP contribution in [0.3, 0.4) is 0 Å². The van der Waals surface area contributed by atoms with Gasteiger partial charge in [0.15, 0.2) is 11.6 Å². The third-order valence-corrected chi connectivity index (χ3v) is 2.11. The maximum absolute atomic E-state index is 12.9. The molecule has 0 spiro atoms. The number of rotatable bonds is 3. The summed E-state index contributed by atoms with van der Waals surface area (Å²) < 4.78 is 25.5. The van der Waals surface area contributed by atoms with Crippen LogP contribution in [0, 0.1) is 11.6 Å². The molecule has 0 aliphatic heterocycles. The van der Waals surface area contributed by atoms with Gasteiger partial charge in [-0.15, -0.1) is 0 Å². The van der Waals surface area contributed by atoms with Gasteiger partial charge in [-0.25, -0.2) is 8.78 Å². The summed E-state index contributed by atoms with van der Waals surface area (Å²) in [5, 5.41) is 2.36. The summed E-state index contributed by atoms with van der Waals surface area (Å²) in [7, 11) is 0. The zero-order chi connectivity index (χ0) is 12.3. The third-order valence-electron chi connectivity index (χ3n) is 2.11. The summed E-state index contributed by atoms with van der Waals surface area (Å²) in [6, 6.07) is 2.76. The Labute approximate surface area is 91.5 Å². The molecule has 3 nitrogen and oxygen atoms in total. The Hall–Kier alpha value is -1.78. The zero-order valence-corrected chi connectivity index (χ0v) is 8.88. The molecule has 5 heteroatoms. The Morgan fingerprint density at radius 1 is 1.25 bits per heavy atom. The van der Waals surface area contributed by atoms with E-state index in [0.717, 1.165) is 19.1 Å². The highest BCUT2D eigenvalue weighted by molar-refractivity contribution is 6.35. The minimum atomic E-state index is -0.985. The number of carbonyl (C=O) groups excluding carboxylic acids is 2. The molecule has 16 heavy (non-hydrogen) atoms. The van der Waals surface area contributed by atoms with E-state index >= 15 is 0 Å². The van der Waals surface area contributed by atoms with Crippen molar-refractivity contribution in [3.05, 3.63) is 35.4 Å². The quantitative estimate of drug-likeness (QED) is 0.799. The highest BCUT2D eigenvalue weighted by Crippen LogP contribution is 2.15. The summed E-state index contributed by atoms with van der Waals surface area (Å²) in [6.45, 7) is 2.71. The lowest BCUT2D eigenvalue weighted by Crippen LogP contribution is -2.31. The van der Waals surface area contributed by atoms with E-state index in [9.17, 15) is 18.4 Å². The molecule has 1 amide bonds. The molecule has 1 atom stereocenters. The molecule has 1 N–H and O–H groups in total. The van der Waals surface area contributed by atoms with Crippen molar-refractivity contribution in [1.82, 2.24) is 5.32 Å². The van der Waals surface area contributed by atoms with Gasteiger partial charge in [0.1, 0.15) is 0 Å². The summed E-state index contributed by atoms with van der Waals surface area (Å²) in [6.07, 6.45) is 0. The van der Waals surface area contributed by atoms with Crippen LogP contribution in [0.5, 0.6) is 0 Å². The van der Waals surface area contributed by atoms with E-state index in [1.807, 2.05) is 0 Å². The van der Waals surface area contributed by atoms with E-state index in [4.69, 9.17) is 0 Å². The van der Waals surface area contributed by atoms with Crippen molar-refractivity contribution in [2.24, 2.45) is 0 Å². The fourth-order valence-corrected chi connectivity index (χ4v) is 1.16. The lowest BCUT2D eigenvalue weighted by molar-refractivity contribution is -0.137. The van der Waals surface area contributed by atoms with Crippen LogP contribution in [-0.4, -0.2) is 11.7 Å². The van der Waals surface area contributed by atoms with Crippen molar-refractivity contribution >= 4 is 11.7 Å². The molecule has 0 aromatic heterocycles. The van der Waals surface area contributed by atoms with Gasteiger partial charge in [0.2, 0.25) is 5.78 Å². The summed E-state index contributed by atoms with van der Waals surface area (Å²) in [5.41, 5.74) is 0.397. The molecule has 0 heterocycles. The molecule has 0 fully saturated rings. The second-order valence-electron chi connectivity index (χ2n) is 3.42. The molecule has 1 aromatic rings. The van der Waals surface area contributed by atoms with E-state index in [-0.39, 0.29) is 0 Å². The minimum absolute atomic E-state index is 0.397. The highest BCUT2D eigenvalue weighted by Gasteiger charge is 2.14. The second-order valence-corrected chi connectivity index (χ2v) is 3.42. The first kappa shape index (κ1) is 12.3. The van der Waals surface area contributed by atoms with E-state index < -0.39 is 29.4 Å². The van der Waals surface area contributed by atoms with Crippen molar-refractivity contribution in [3.8, 4) is 0 Å². The van der Waals surface area contributed by atoms with Gasteiger partial charge >= 0.3 is 0 Å². The van der Waals surface area contributed by atoms with Crippen molar-refractivity contribution in [2.75, 3.05) is 0 Å². The van der Waals surface area contributed by atoms with Crippen molar-refractivity contribution in [1.29, 1.82) is 0 Å². The first-order valence-corrected chi connectivity index (χ1v) is 4.68. The van der Waals surface area contributed by atoms with Crippen LogP contribution in [0.1, 0.15) is 25.5 Å². The fourth-order valence-electron chi connectivity index (χ4n) is 1.16. The van der Waals surface area contributed by atoms with Gasteiger partial charge in [0, 0.05) is 6.92 Å². The van der Waals surface area contributed by atoms with E-state index in [2.05, 4.69) is 5.32 Å². The predicted molar refractivity (Wildman–Crippen MR) is 53.6 cm³/mol. The molecule has 0 aliphatic rings. The average molecular weight is 227 g/mol. The lowest BCUT2D eigenvalue weighted by Gasteiger charge is -2.13. The largest absolute Gasteiger partial charge is 0.343 e. The van der Waals surface area contributed by atoms with Crippen LogP contribution in [0.15, 0.2) is 18.2 Å². The van der Waals surface area contributed by atoms with E-state index in [1.165, 1.54) is 6.07 Å². The molecule has 0 aliphatic carbocycles. The normalized spacial score (nSPS) is 12.0. The summed E-state index contributed by atoms with van der Waals surface area (Å²) in [4.78, 5) is 21.7. The van der Waals surface area contributed by atoms with E-state index in [0.29, 0.717) is 5.56 Å². The lowest BCUT2D eigenvalue weighted by atomic mass is 10.1. The zero-order valence-electron chi connectivity index (χ0n) is 8.88. The number of carbonyl (C=O) groups is 2. The number of hydrogen-bond acceptors (Lipinski definition) is 2. The monoisotopic (exact) mass is 227 g/mol. The molecular weight excluding hydrogens is 216 g/mol. The van der Waals surface area contributed by atoms with Gasteiger partial charge in [-0.2, -0.15) is 0 Å². The summed E-state index contributed by atoms with van der Waals surface area (Å²) in [5.74, 6) is -3.32. The molecule has 0 bridgehead atoms. The second kappa shape index (κ2) is 4.83. The molecule has 86 valence electrons. The van der Waals surface area contributed by atoms with Gasteiger partial charge in [-0.05, 0) is 24.6 Å². The summed E-state index contributed by atoms with van der Waals surface area (Å²) >= 11 is 0. The Morgan fingerprint density at radius 2 is 1.88 bits per heavy atom. The average Bonchev–Trinajstić information content (AvgIpc) is 2.21. The van der Waals surface area contributed by atoms with Gasteiger partial charge < -0.3 is 5.32 Å². The Bertz CT molecular complexity index is 432. The standard InChI is InChI=1S/C11H11F2NO2/c1-6(14-11(16)7(2)15)8-3-4-9(12)10(13)5-8/h3-6H,1-2H3,(H,14,16). The van der Waals surface area contributed by atoms with Gasteiger partial charge in [-0.1, -0.05) is 6.07 Å².